The molecule has 0 N–H and O–H groups in total. The average Bonchev–Trinajstić information content (AvgIpc) is 2.46. The van der Waals surface area contributed by atoms with Gasteiger partial charge in [0, 0.05) is 19.9 Å². The van der Waals surface area contributed by atoms with Gasteiger partial charge in [-0.05, 0) is 12.1 Å². The van der Waals surface area contributed by atoms with E-state index in [1.807, 2.05) is 30.1 Å². The molecule has 0 spiro atoms. The van der Waals surface area contributed by atoms with E-state index >= 15 is 0 Å². The number of hydrogen-bond acceptors (Lipinski definition) is 4. The molecule has 5 heteroatoms. The maximum atomic E-state index is 11.8. The molecule has 0 amide bonds. The van der Waals surface area contributed by atoms with Gasteiger partial charge in [0.2, 0.25) is 0 Å². The van der Waals surface area contributed by atoms with E-state index in [4.69, 9.17) is 21.1 Å². The summed E-state index contributed by atoms with van der Waals surface area (Å²) in [4.78, 5) is 13.2. The van der Waals surface area contributed by atoms with Gasteiger partial charge in [0.1, 0.15) is 5.00 Å². The minimum absolute atomic E-state index is 0.352. The van der Waals surface area contributed by atoms with E-state index in [2.05, 4.69) is 0 Å². The van der Waals surface area contributed by atoms with E-state index in [0.717, 1.165) is 18.5 Å². The Balaban J connectivity index is 2.32. The van der Waals surface area contributed by atoms with Crippen molar-refractivity contribution in [1.82, 2.24) is 0 Å². The Bertz CT molecular complexity index is 458. The van der Waals surface area contributed by atoms with Crippen LogP contribution in [0.1, 0.15) is 23.2 Å². The largest absolute Gasteiger partial charge is 0.465 e. The SMILES string of the molecule is COC(=O)c1ccccc1N(C)C1(Cl)CCOCC1. The number of carbonyl (C=O) groups excluding carboxylic acids is 1. The lowest BCUT2D eigenvalue weighted by Crippen LogP contribution is -2.46. The first-order valence-electron chi connectivity index (χ1n) is 6.26. The van der Waals surface area contributed by atoms with Crippen LogP contribution in [0.5, 0.6) is 0 Å². The third kappa shape index (κ3) is 2.85. The van der Waals surface area contributed by atoms with Crippen molar-refractivity contribution in [3.8, 4) is 0 Å². The molecule has 2 rings (SSSR count). The summed E-state index contributed by atoms with van der Waals surface area (Å²) in [5.41, 5.74) is 1.31. The Hall–Kier alpha value is -1.26. The van der Waals surface area contributed by atoms with Crippen LogP contribution in [0.4, 0.5) is 5.69 Å². The lowest BCUT2D eigenvalue weighted by Gasteiger charge is -2.41. The van der Waals surface area contributed by atoms with Crippen molar-refractivity contribution in [3.05, 3.63) is 29.8 Å². The Morgan fingerprint density at radius 2 is 2.00 bits per heavy atom. The number of esters is 1. The number of para-hydroxylation sites is 1. The standard InChI is InChI=1S/C14H18ClNO3/c1-16(14(15)7-9-19-10-8-14)12-6-4-3-5-11(12)13(17)18-2/h3-6H,7-10H2,1-2H3. The number of rotatable bonds is 3. The van der Waals surface area contributed by atoms with Crippen molar-refractivity contribution < 1.29 is 14.3 Å². The third-order valence-corrected chi connectivity index (χ3v) is 4.16. The number of alkyl halides is 1. The summed E-state index contributed by atoms with van der Waals surface area (Å²) in [7, 11) is 3.28. The highest BCUT2D eigenvalue weighted by molar-refractivity contribution is 6.25. The zero-order valence-corrected chi connectivity index (χ0v) is 11.9. The number of nitrogens with zero attached hydrogens (tertiary/aromatic N) is 1. The van der Waals surface area contributed by atoms with Gasteiger partial charge in [0.05, 0.1) is 31.6 Å². The average molecular weight is 284 g/mol. The van der Waals surface area contributed by atoms with Crippen LogP contribution in [0.2, 0.25) is 0 Å². The molecular formula is C14H18ClNO3. The molecule has 1 aromatic rings. The van der Waals surface area contributed by atoms with E-state index in [9.17, 15) is 4.79 Å². The summed E-state index contributed by atoms with van der Waals surface area (Å²) in [5, 5.41) is 0. The summed E-state index contributed by atoms with van der Waals surface area (Å²) < 4.78 is 10.2. The van der Waals surface area contributed by atoms with Crippen molar-refractivity contribution in [2.75, 3.05) is 32.3 Å². The van der Waals surface area contributed by atoms with Gasteiger partial charge in [0.25, 0.3) is 0 Å². The molecule has 1 aliphatic rings. The number of methoxy groups -OCH3 is 1. The third-order valence-electron chi connectivity index (χ3n) is 3.53. The summed E-state index contributed by atoms with van der Waals surface area (Å²) in [6.07, 6.45) is 1.45. The van der Waals surface area contributed by atoms with Gasteiger partial charge in [0.15, 0.2) is 0 Å². The minimum atomic E-state index is -0.512. The highest BCUT2D eigenvalue weighted by Gasteiger charge is 2.36. The molecular weight excluding hydrogens is 266 g/mol. The molecule has 0 radical (unpaired) electrons. The van der Waals surface area contributed by atoms with Crippen LogP contribution in [0.25, 0.3) is 0 Å². The number of ether oxygens (including phenoxy) is 2. The van der Waals surface area contributed by atoms with Crippen LogP contribution in [-0.2, 0) is 9.47 Å². The zero-order valence-electron chi connectivity index (χ0n) is 11.2. The van der Waals surface area contributed by atoms with E-state index in [1.54, 1.807) is 6.07 Å². The van der Waals surface area contributed by atoms with Gasteiger partial charge in [-0.1, -0.05) is 23.7 Å². The van der Waals surface area contributed by atoms with Crippen molar-refractivity contribution in [2.45, 2.75) is 17.8 Å². The molecule has 4 nitrogen and oxygen atoms in total. The molecule has 0 unspecified atom stereocenters. The topological polar surface area (TPSA) is 38.8 Å². The number of benzene rings is 1. The summed E-state index contributed by atoms with van der Waals surface area (Å²) in [5.74, 6) is -0.352. The molecule has 0 aromatic heterocycles. The second-order valence-electron chi connectivity index (χ2n) is 4.60. The summed E-state index contributed by atoms with van der Waals surface area (Å²) in [6, 6.07) is 7.33. The Labute approximate surface area is 118 Å². The first-order chi connectivity index (χ1) is 9.08. The van der Waals surface area contributed by atoms with Crippen LogP contribution < -0.4 is 4.90 Å². The molecule has 0 atom stereocenters. The molecule has 0 aliphatic carbocycles. The smallest absolute Gasteiger partial charge is 0.339 e. The minimum Gasteiger partial charge on any atom is -0.465 e. The predicted octanol–water partition coefficient (Wildman–Crippen LogP) is 2.65. The zero-order chi connectivity index (χ0) is 13.9. The van der Waals surface area contributed by atoms with Crippen molar-refractivity contribution in [3.63, 3.8) is 0 Å². The molecule has 19 heavy (non-hydrogen) atoms. The van der Waals surface area contributed by atoms with E-state index in [-0.39, 0.29) is 5.97 Å². The quantitative estimate of drug-likeness (QED) is 0.486. The van der Waals surface area contributed by atoms with Gasteiger partial charge in [-0.3, -0.25) is 0 Å². The van der Waals surface area contributed by atoms with E-state index < -0.39 is 5.00 Å². The molecule has 0 bridgehead atoms. The Kier molecular flexibility index (Phi) is 4.32. The number of anilines is 1. The number of hydrogen-bond donors (Lipinski definition) is 0. The van der Waals surface area contributed by atoms with Crippen LogP contribution in [-0.4, -0.2) is 38.3 Å². The van der Waals surface area contributed by atoms with Crippen LogP contribution >= 0.6 is 11.6 Å². The summed E-state index contributed by atoms with van der Waals surface area (Å²) in [6.45, 7) is 1.27. The molecule has 0 saturated carbocycles. The van der Waals surface area contributed by atoms with Crippen LogP contribution in [0.15, 0.2) is 24.3 Å². The first-order valence-corrected chi connectivity index (χ1v) is 6.64. The lowest BCUT2D eigenvalue weighted by atomic mass is 10.0. The lowest BCUT2D eigenvalue weighted by molar-refractivity contribution is 0.0600. The summed E-state index contributed by atoms with van der Waals surface area (Å²) >= 11 is 6.67. The molecule has 1 saturated heterocycles. The van der Waals surface area contributed by atoms with Crippen molar-refractivity contribution in [1.29, 1.82) is 0 Å². The van der Waals surface area contributed by atoms with Gasteiger partial charge >= 0.3 is 5.97 Å². The second-order valence-corrected chi connectivity index (χ2v) is 5.30. The van der Waals surface area contributed by atoms with E-state index in [0.29, 0.717) is 18.8 Å². The fourth-order valence-corrected chi connectivity index (χ4v) is 2.53. The van der Waals surface area contributed by atoms with Gasteiger partial charge in [-0.2, -0.15) is 0 Å². The molecule has 1 aliphatic heterocycles. The molecule has 104 valence electrons. The normalized spacial score (nSPS) is 17.8. The Morgan fingerprint density at radius 3 is 2.63 bits per heavy atom. The maximum Gasteiger partial charge on any atom is 0.339 e. The van der Waals surface area contributed by atoms with Gasteiger partial charge < -0.3 is 14.4 Å². The van der Waals surface area contributed by atoms with Crippen LogP contribution in [0, 0.1) is 0 Å². The van der Waals surface area contributed by atoms with Crippen molar-refractivity contribution in [2.24, 2.45) is 0 Å². The highest BCUT2D eigenvalue weighted by atomic mass is 35.5. The molecule has 1 fully saturated rings. The van der Waals surface area contributed by atoms with Crippen molar-refractivity contribution >= 4 is 23.3 Å². The maximum absolute atomic E-state index is 11.8. The van der Waals surface area contributed by atoms with Gasteiger partial charge in [-0.15, -0.1) is 0 Å². The first kappa shape index (κ1) is 14.2. The second kappa shape index (κ2) is 5.80. The highest BCUT2D eigenvalue weighted by Crippen LogP contribution is 2.36. The monoisotopic (exact) mass is 283 g/mol. The Morgan fingerprint density at radius 1 is 1.37 bits per heavy atom. The molecule has 1 heterocycles. The number of halogens is 1. The number of carbonyl (C=O) groups is 1. The van der Waals surface area contributed by atoms with Gasteiger partial charge in [-0.25, -0.2) is 4.79 Å². The fraction of sp³-hybridized carbons (Fsp3) is 0.500. The fourth-order valence-electron chi connectivity index (χ4n) is 2.28. The predicted molar refractivity (Wildman–Crippen MR) is 74.8 cm³/mol. The molecule has 1 aromatic carbocycles. The van der Waals surface area contributed by atoms with E-state index in [1.165, 1.54) is 7.11 Å². The van der Waals surface area contributed by atoms with Crippen LogP contribution in [0.3, 0.4) is 0 Å².